The van der Waals surface area contributed by atoms with Crippen molar-refractivity contribution in [3.8, 4) is 5.69 Å². The van der Waals surface area contributed by atoms with Crippen LogP contribution in [0.5, 0.6) is 0 Å². The highest BCUT2D eigenvalue weighted by Gasteiger charge is 2.19. The van der Waals surface area contributed by atoms with Crippen LogP contribution in [0.15, 0.2) is 42.6 Å². The number of esters is 1. The molecule has 0 saturated carbocycles. The molecule has 146 valence electrons. The number of carbonyl (C=O) groups is 2. The Hall–Kier alpha value is -3.15. The van der Waals surface area contributed by atoms with E-state index in [0.717, 1.165) is 22.8 Å². The summed E-state index contributed by atoms with van der Waals surface area (Å²) >= 11 is 0. The van der Waals surface area contributed by atoms with E-state index in [-0.39, 0.29) is 18.4 Å². The van der Waals surface area contributed by atoms with Crippen molar-refractivity contribution in [2.45, 2.75) is 40.7 Å². The summed E-state index contributed by atoms with van der Waals surface area (Å²) in [6.45, 7) is 9.71. The number of ketones is 1. The Labute approximate surface area is 164 Å². The van der Waals surface area contributed by atoms with Gasteiger partial charge in [0.15, 0.2) is 6.61 Å². The number of ether oxygens (including phenoxy) is 1. The summed E-state index contributed by atoms with van der Waals surface area (Å²) in [4.78, 5) is 24.8. The monoisotopic (exact) mass is 379 g/mol. The van der Waals surface area contributed by atoms with Crippen molar-refractivity contribution in [2.75, 3.05) is 6.61 Å². The number of Topliss-reactive ketones (excluding diaryl/α,β-unsaturated/α-hetero) is 1. The molecule has 0 atom stereocenters. The number of aryl methyl sites for hydroxylation is 2. The molecule has 2 heterocycles. The molecule has 6 nitrogen and oxygen atoms in total. The molecule has 0 aliphatic carbocycles. The van der Waals surface area contributed by atoms with Crippen molar-refractivity contribution in [1.82, 2.24) is 14.3 Å². The normalized spacial score (nSPS) is 11.1. The van der Waals surface area contributed by atoms with Gasteiger partial charge in [-0.25, -0.2) is 9.48 Å². The Morgan fingerprint density at radius 2 is 1.71 bits per heavy atom. The molecule has 1 aromatic carbocycles. The van der Waals surface area contributed by atoms with Crippen molar-refractivity contribution in [2.24, 2.45) is 0 Å². The van der Waals surface area contributed by atoms with Gasteiger partial charge in [0.1, 0.15) is 0 Å². The number of benzene rings is 1. The smallest absolute Gasteiger partial charge is 0.338 e. The van der Waals surface area contributed by atoms with E-state index in [4.69, 9.17) is 4.74 Å². The molecule has 0 aliphatic heterocycles. The van der Waals surface area contributed by atoms with Gasteiger partial charge in [-0.3, -0.25) is 4.79 Å². The third-order valence-electron chi connectivity index (χ3n) is 4.82. The fraction of sp³-hybridized carbons (Fsp3) is 0.318. The van der Waals surface area contributed by atoms with E-state index in [1.165, 1.54) is 0 Å². The summed E-state index contributed by atoms with van der Waals surface area (Å²) in [5.41, 5.74) is 4.77. The predicted octanol–water partition coefficient (Wildman–Crippen LogP) is 4.22. The molecule has 0 N–H and O–H groups in total. The highest BCUT2D eigenvalue weighted by molar-refractivity contribution is 6.00. The molecule has 6 heteroatoms. The lowest BCUT2D eigenvalue weighted by Crippen LogP contribution is -2.15. The minimum Gasteiger partial charge on any atom is -0.454 e. The van der Waals surface area contributed by atoms with Gasteiger partial charge in [-0.15, -0.1) is 0 Å². The largest absolute Gasteiger partial charge is 0.454 e. The second-order valence-electron chi connectivity index (χ2n) is 7.18. The first-order chi connectivity index (χ1) is 13.3. The lowest BCUT2D eigenvalue weighted by Gasteiger charge is -2.13. The van der Waals surface area contributed by atoms with Gasteiger partial charge in [0.2, 0.25) is 5.78 Å². The minimum atomic E-state index is -0.519. The van der Waals surface area contributed by atoms with Crippen LogP contribution in [0, 0.1) is 20.8 Å². The van der Waals surface area contributed by atoms with Crippen LogP contribution in [0.2, 0.25) is 0 Å². The summed E-state index contributed by atoms with van der Waals surface area (Å²) in [6, 6.07) is 11.0. The van der Waals surface area contributed by atoms with Crippen LogP contribution in [0.4, 0.5) is 0 Å². The van der Waals surface area contributed by atoms with E-state index < -0.39 is 5.97 Å². The zero-order valence-electron chi connectivity index (χ0n) is 16.9. The zero-order valence-corrected chi connectivity index (χ0v) is 16.9. The predicted molar refractivity (Wildman–Crippen MR) is 107 cm³/mol. The van der Waals surface area contributed by atoms with Gasteiger partial charge in [-0.05, 0) is 71.0 Å². The summed E-state index contributed by atoms with van der Waals surface area (Å²) in [5.74, 6) is -0.716. The molecule has 28 heavy (non-hydrogen) atoms. The van der Waals surface area contributed by atoms with Crippen LogP contribution < -0.4 is 0 Å². The Kier molecular flexibility index (Phi) is 5.49. The minimum absolute atomic E-state index is 0.197. The molecular formula is C22H25N3O3. The average molecular weight is 379 g/mol. The topological polar surface area (TPSA) is 66.1 Å². The van der Waals surface area contributed by atoms with Crippen molar-refractivity contribution in [3.05, 3.63) is 70.8 Å². The first-order valence-electron chi connectivity index (χ1n) is 9.29. The molecule has 0 radical (unpaired) electrons. The van der Waals surface area contributed by atoms with Crippen LogP contribution in [0.3, 0.4) is 0 Å². The molecule has 3 rings (SSSR count). The van der Waals surface area contributed by atoms with Gasteiger partial charge >= 0.3 is 5.97 Å². The maximum absolute atomic E-state index is 12.5. The summed E-state index contributed by atoms with van der Waals surface area (Å²) in [6.07, 6.45) is 1.72. The van der Waals surface area contributed by atoms with E-state index in [1.807, 2.05) is 32.9 Å². The van der Waals surface area contributed by atoms with E-state index in [1.54, 1.807) is 35.1 Å². The maximum Gasteiger partial charge on any atom is 0.338 e. The fourth-order valence-corrected chi connectivity index (χ4v) is 3.52. The van der Waals surface area contributed by atoms with Crippen molar-refractivity contribution in [3.63, 3.8) is 0 Å². The van der Waals surface area contributed by atoms with Gasteiger partial charge in [0, 0.05) is 34.9 Å². The van der Waals surface area contributed by atoms with Crippen LogP contribution in [-0.4, -0.2) is 32.7 Å². The molecular weight excluding hydrogens is 354 g/mol. The van der Waals surface area contributed by atoms with Crippen LogP contribution in [0.1, 0.15) is 57.7 Å². The van der Waals surface area contributed by atoms with Gasteiger partial charge < -0.3 is 9.30 Å². The fourth-order valence-electron chi connectivity index (χ4n) is 3.52. The Bertz CT molecular complexity index is 1010. The van der Waals surface area contributed by atoms with E-state index >= 15 is 0 Å². The van der Waals surface area contributed by atoms with Crippen LogP contribution in [-0.2, 0) is 4.74 Å². The van der Waals surface area contributed by atoms with Crippen molar-refractivity contribution < 1.29 is 14.3 Å². The molecule has 0 unspecified atom stereocenters. The molecule has 0 amide bonds. The van der Waals surface area contributed by atoms with Crippen LogP contribution in [0.25, 0.3) is 5.69 Å². The average Bonchev–Trinajstić information content (AvgIpc) is 3.22. The summed E-state index contributed by atoms with van der Waals surface area (Å²) in [5, 5.41) is 4.24. The SMILES string of the molecule is Cc1ccnn1-c1ccc(C(=O)OCC(=O)c2cc(C)n(C(C)C)c2C)cc1. The lowest BCUT2D eigenvalue weighted by molar-refractivity contribution is 0.0474. The van der Waals surface area contributed by atoms with Crippen molar-refractivity contribution >= 4 is 11.8 Å². The quantitative estimate of drug-likeness (QED) is 0.475. The Morgan fingerprint density at radius 1 is 1.04 bits per heavy atom. The van der Waals surface area contributed by atoms with Crippen LogP contribution >= 0.6 is 0 Å². The first kappa shape index (κ1) is 19.6. The third-order valence-corrected chi connectivity index (χ3v) is 4.82. The number of hydrogen-bond acceptors (Lipinski definition) is 4. The van der Waals surface area contributed by atoms with E-state index in [2.05, 4.69) is 23.5 Å². The Morgan fingerprint density at radius 3 is 2.25 bits per heavy atom. The van der Waals surface area contributed by atoms with E-state index in [0.29, 0.717) is 11.1 Å². The molecule has 0 aliphatic rings. The Balaban J connectivity index is 1.66. The number of aromatic nitrogens is 3. The van der Waals surface area contributed by atoms with Crippen molar-refractivity contribution in [1.29, 1.82) is 0 Å². The molecule has 0 spiro atoms. The van der Waals surface area contributed by atoms with E-state index in [9.17, 15) is 9.59 Å². The number of hydrogen-bond donors (Lipinski definition) is 0. The molecule has 2 aromatic heterocycles. The number of carbonyl (C=O) groups excluding carboxylic acids is 2. The molecule has 0 bridgehead atoms. The lowest BCUT2D eigenvalue weighted by atomic mass is 10.1. The van der Waals surface area contributed by atoms with Gasteiger partial charge in [-0.1, -0.05) is 0 Å². The molecule has 0 fully saturated rings. The number of nitrogens with zero attached hydrogens (tertiary/aromatic N) is 3. The third kappa shape index (κ3) is 3.76. The summed E-state index contributed by atoms with van der Waals surface area (Å²) in [7, 11) is 0. The highest BCUT2D eigenvalue weighted by Crippen LogP contribution is 2.21. The number of rotatable bonds is 6. The molecule has 3 aromatic rings. The molecule has 0 saturated heterocycles. The standard InChI is InChI=1S/C22H25N3O3/c1-14(2)24-16(4)12-20(17(24)5)21(26)13-28-22(27)18-6-8-19(9-7-18)25-15(3)10-11-23-25/h6-12,14H,13H2,1-5H3. The van der Waals surface area contributed by atoms with Gasteiger partial charge in [0.05, 0.1) is 11.3 Å². The highest BCUT2D eigenvalue weighted by atomic mass is 16.5. The second-order valence-corrected chi connectivity index (χ2v) is 7.18. The maximum atomic E-state index is 12.5. The second kappa shape index (κ2) is 7.84. The first-order valence-corrected chi connectivity index (χ1v) is 9.29. The van der Waals surface area contributed by atoms with Gasteiger partial charge in [0.25, 0.3) is 0 Å². The van der Waals surface area contributed by atoms with Gasteiger partial charge in [-0.2, -0.15) is 5.10 Å². The zero-order chi connectivity index (χ0) is 20.4. The summed E-state index contributed by atoms with van der Waals surface area (Å²) < 4.78 is 9.13.